The van der Waals surface area contributed by atoms with Crippen molar-refractivity contribution in [2.24, 2.45) is 0 Å². The molecule has 4 nitrogen and oxygen atoms in total. The molecule has 0 aliphatic rings. The molecule has 0 unspecified atom stereocenters. The third-order valence-corrected chi connectivity index (χ3v) is 1.00. The highest BCUT2D eigenvalue weighted by Crippen LogP contribution is 1.88. The molecule has 0 rings (SSSR count). The van der Waals surface area contributed by atoms with Gasteiger partial charge in [0.2, 0.25) is 0 Å². The van der Waals surface area contributed by atoms with Crippen LogP contribution in [-0.4, -0.2) is 20.6 Å². The van der Waals surface area contributed by atoms with E-state index in [0.717, 1.165) is 12.3 Å². The van der Waals surface area contributed by atoms with Crippen LogP contribution in [0.4, 0.5) is 0 Å². The van der Waals surface area contributed by atoms with E-state index >= 15 is 0 Å². The summed E-state index contributed by atoms with van der Waals surface area (Å²) in [5, 5.41) is 0. The SMILES string of the molecule is CC=CC(=O)OS(C)(=O)=O. The third-order valence-electron chi connectivity index (χ3n) is 0.536. The molecule has 0 amide bonds. The van der Waals surface area contributed by atoms with Gasteiger partial charge in [0.25, 0.3) is 0 Å². The first-order valence-corrected chi connectivity index (χ1v) is 4.33. The predicted octanol–water partition coefficient (Wildman–Crippen LogP) is 0.0653. The zero-order valence-electron chi connectivity index (χ0n) is 5.70. The smallest absolute Gasteiger partial charge is 0.342 e. The quantitative estimate of drug-likeness (QED) is 0.428. The molecule has 0 atom stereocenters. The highest BCUT2D eigenvalue weighted by atomic mass is 32.2. The van der Waals surface area contributed by atoms with E-state index in [1.54, 1.807) is 6.92 Å². The molecule has 0 N–H and O–H groups in total. The lowest BCUT2D eigenvalue weighted by molar-refractivity contribution is -0.128. The molecule has 0 bridgehead atoms. The van der Waals surface area contributed by atoms with Gasteiger partial charge in [0.15, 0.2) is 0 Å². The molecule has 0 aromatic rings. The molecule has 0 saturated carbocycles. The van der Waals surface area contributed by atoms with Gasteiger partial charge >= 0.3 is 16.1 Å². The average Bonchev–Trinajstić information content (AvgIpc) is 1.59. The van der Waals surface area contributed by atoms with Gasteiger partial charge in [-0.3, -0.25) is 0 Å². The summed E-state index contributed by atoms with van der Waals surface area (Å²) in [7, 11) is -3.65. The van der Waals surface area contributed by atoms with E-state index in [4.69, 9.17) is 0 Å². The Kier molecular flexibility index (Phi) is 3.08. The second kappa shape index (κ2) is 3.36. The second-order valence-corrected chi connectivity index (χ2v) is 3.18. The van der Waals surface area contributed by atoms with Crippen molar-refractivity contribution < 1.29 is 17.4 Å². The Hall–Kier alpha value is -0.840. The highest BCUT2D eigenvalue weighted by Gasteiger charge is 2.05. The van der Waals surface area contributed by atoms with Gasteiger partial charge in [0, 0.05) is 6.08 Å². The van der Waals surface area contributed by atoms with E-state index in [1.165, 1.54) is 6.08 Å². The molecule has 0 aliphatic heterocycles. The van der Waals surface area contributed by atoms with E-state index in [9.17, 15) is 13.2 Å². The predicted molar refractivity (Wildman–Crippen MR) is 35.7 cm³/mol. The van der Waals surface area contributed by atoms with Crippen molar-refractivity contribution in [3.05, 3.63) is 12.2 Å². The Balaban J connectivity index is 4.07. The summed E-state index contributed by atoms with van der Waals surface area (Å²) in [4.78, 5) is 10.4. The lowest BCUT2D eigenvalue weighted by Crippen LogP contribution is -2.08. The van der Waals surface area contributed by atoms with Crippen molar-refractivity contribution in [2.75, 3.05) is 6.26 Å². The van der Waals surface area contributed by atoms with Gasteiger partial charge < -0.3 is 4.18 Å². The standard InChI is InChI=1S/C5H8O4S/c1-3-4-5(6)9-10(2,7)8/h3-4H,1-2H3. The van der Waals surface area contributed by atoms with Crippen molar-refractivity contribution in [1.82, 2.24) is 0 Å². The number of carbonyl (C=O) groups excluding carboxylic acids is 1. The van der Waals surface area contributed by atoms with Gasteiger partial charge in [-0.25, -0.2) is 4.79 Å². The van der Waals surface area contributed by atoms with Gasteiger partial charge in [-0.05, 0) is 6.92 Å². The van der Waals surface area contributed by atoms with E-state index in [-0.39, 0.29) is 0 Å². The van der Waals surface area contributed by atoms with E-state index in [1.807, 2.05) is 0 Å². The summed E-state index contributed by atoms with van der Waals surface area (Å²) in [5.74, 6) is -0.870. The lowest BCUT2D eigenvalue weighted by Gasteiger charge is -1.93. The van der Waals surface area contributed by atoms with Crippen molar-refractivity contribution in [3.63, 3.8) is 0 Å². The normalized spacial score (nSPS) is 11.8. The fourth-order valence-electron chi connectivity index (χ4n) is 0.313. The molecule has 0 saturated heterocycles. The van der Waals surface area contributed by atoms with Crippen LogP contribution in [0.15, 0.2) is 12.2 Å². The van der Waals surface area contributed by atoms with Crippen LogP contribution in [0.5, 0.6) is 0 Å². The molecule has 0 aliphatic carbocycles. The second-order valence-electron chi connectivity index (χ2n) is 1.61. The van der Waals surface area contributed by atoms with Crippen LogP contribution in [0, 0.1) is 0 Å². The summed E-state index contributed by atoms with van der Waals surface area (Å²) >= 11 is 0. The van der Waals surface area contributed by atoms with Gasteiger partial charge in [0.05, 0.1) is 6.26 Å². The molecule has 58 valence electrons. The van der Waals surface area contributed by atoms with Crippen molar-refractivity contribution in [1.29, 1.82) is 0 Å². The molecule has 0 spiro atoms. The fourth-order valence-corrected chi connectivity index (χ4v) is 0.667. The zero-order valence-corrected chi connectivity index (χ0v) is 6.51. The van der Waals surface area contributed by atoms with Crippen LogP contribution in [0.2, 0.25) is 0 Å². The van der Waals surface area contributed by atoms with Crippen LogP contribution in [0.25, 0.3) is 0 Å². The Bertz CT molecular complexity index is 236. The molecule has 0 fully saturated rings. The summed E-state index contributed by atoms with van der Waals surface area (Å²) in [6.07, 6.45) is 3.24. The van der Waals surface area contributed by atoms with Crippen LogP contribution < -0.4 is 0 Å². The zero-order chi connectivity index (χ0) is 8.20. The van der Waals surface area contributed by atoms with Gasteiger partial charge in [-0.15, -0.1) is 0 Å². The molecule has 0 aromatic heterocycles. The number of hydrogen-bond donors (Lipinski definition) is 0. The first-order chi connectivity index (χ1) is 4.45. The van der Waals surface area contributed by atoms with Crippen LogP contribution in [-0.2, 0) is 19.1 Å². The summed E-state index contributed by atoms with van der Waals surface area (Å²) in [6.45, 7) is 1.59. The van der Waals surface area contributed by atoms with Crippen LogP contribution >= 0.6 is 0 Å². The minimum atomic E-state index is -3.65. The Labute approximate surface area is 59.6 Å². The minimum Gasteiger partial charge on any atom is -0.342 e. The maximum atomic E-state index is 10.4. The topological polar surface area (TPSA) is 60.4 Å². The number of hydrogen-bond acceptors (Lipinski definition) is 4. The Morgan fingerprint density at radius 1 is 1.50 bits per heavy atom. The fraction of sp³-hybridized carbons (Fsp3) is 0.400. The summed E-state index contributed by atoms with van der Waals surface area (Å²) in [6, 6.07) is 0. The first-order valence-electron chi connectivity index (χ1n) is 2.52. The Morgan fingerprint density at radius 2 is 2.00 bits per heavy atom. The molecule has 0 heterocycles. The highest BCUT2D eigenvalue weighted by molar-refractivity contribution is 7.86. The minimum absolute atomic E-state index is 0.814. The number of carbonyl (C=O) groups is 1. The lowest BCUT2D eigenvalue weighted by atomic mass is 10.5. The third kappa shape index (κ3) is 5.30. The van der Waals surface area contributed by atoms with Gasteiger partial charge in [-0.1, -0.05) is 6.08 Å². The number of allylic oxidation sites excluding steroid dienone is 1. The number of rotatable bonds is 2. The average molecular weight is 164 g/mol. The molecule has 0 aromatic carbocycles. The largest absolute Gasteiger partial charge is 0.346 e. The van der Waals surface area contributed by atoms with E-state index in [0.29, 0.717) is 0 Å². The monoisotopic (exact) mass is 164 g/mol. The first kappa shape index (κ1) is 9.16. The Morgan fingerprint density at radius 3 is 2.30 bits per heavy atom. The van der Waals surface area contributed by atoms with E-state index in [2.05, 4.69) is 4.18 Å². The van der Waals surface area contributed by atoms with E-state index < -0.39 is 16.1 Å². The van der Waals surface area contributed by atoms with Crippen molar-refractivity contribution in [3.8, 4) is 0 Å². The molecular weight excluding hydrogens is 156 g/mol. The van der Waals surface area contributed by atoms with Crippen LogP contribution in [0.3, 0.4) is 0 Å². The van der Waals surface area contributed by atoms with Gasteiger partial charge in [-0.2, -0.15) is 8.42 Å². The summed E-state index contributed by atoms with van der Waals surface area (Å²) in [5.41, 5.74) is 0. The maximum absolute atomic E-state index is 10.4. The molecule has 5 heteroatoms. The van der Waals surface area contributed by atoms with Crippen molar-refractivity contribution in [2.45, 2.75) is 6.92 Å². The molecule has 0 radical (unpaired) electrons. The summed E-state index contributed by atoms with van der Waals surface area (Å²) < 4.78 is 24.4. The molecule has 10 heavy (non-hydrogen) atoms. The van der Waals surface area contributed by atoms with Gasteiger partial charge in [0.1, 0.15) is 0 Å². The van der Waals surface area contributed by atoms with Crippen LogP contribution in [0.1, 0.15) is 6.92 Å². The maximum Gasteiger partial charge on any atom is 0.346 e. The van der Waals surface area contributed by atoms with Crippen molar-refractivity contribution >= 4 is 16.1 Å². The molecular formula is C5H8O4S.